The third kappa shape index (κ3) is 2.94. The maximum absolute atomic E-state index is 10.3. The summed E-state index contributed by atoms with van der Waals surface area (Å²) in [5.41, 5.74) is 2.99. The highest BCUT2D eigenvalue weighted by atomic mass is 79.9. The Kier molecular flexibility index (Phi) is 4.44. The van der Waals surface area contributed by atoms with Crippen molar-refractivity contribution in [3.05, 3.63) is 68.7 Å². The number of halogens is 2. The Morgan fingerprint density at radius 1 is 1.11 bits per heavy atom. The van der Waals surface area contributed by atoms with Crippen LogP contribution in [0.4, 0.5) is 0 Å². The predicted molar refractivity (Wildman–Crippen MR) is 79.0 cm³/mol. The first-order valence-electron chi connectivity index (χ1n) is 5.83. The van der Waals surface area contributed by atoms with Gasteiger partial charge in [0.1, 0.15) is 6.10 Å². The fourth-order valence-corrected chi connectivity index (χ4v) is 2.32. The fourth-order valence-electron chi connectivity index (χ4n) is 1.81. The van der Waals surface area contributed by atoms with E-state index in [0.717, 1.165) is 22.0 Å². The Hall–Kier alpha value is -0.830. The maximum Gasteiger partial charge on any atom is 0.104 e. The lowest BCUT2D eigenvalue weighted by atomic mass is 10.00. The van der Waals surface area contributed by atoms with Crippen molar-refractivity contribution in [3.63, 3.8) is 0 Å². The third-order valence-electron chi connectivity index (χ3n) is 2.96. The molecule has 2 aromatic rings. The van der Waals surface area contributed by atoms with Gasteiger partial charge in [0.25, 0.3) is 0 Å². The molecule has 0 aliphatic heterocycles. The summed E-state index contributed by atoms with van der Waals surface area (Å²) >= 11 is 9.31. The molecule has 0 bridgehead atoms. The van der Waals surface area contributed by atoms with Gasteiger partial charge < -0.3 is 5.11 Å². The van der Waals surface area contributed by atoms with Crippen LogP contribution in [-0.2, 0) is 6.42 Å². The van der Waals surface area contributed by atoms with E-state index in [-0.39, 0.29) is 0 Å². The highest BCUT2D eigenvalue weighted by molar-refractivity contribution is 9.10. The minimum atomic E-state index is -0.621. The fraction of sp³-hybridized carbons (Fsp3) is 0.200. The first kappa shape index (κ1) is 13.6. The van der Waals surface area contributed by atoms with Gasteiger partial charge in [0.2, 0.25) is 0 Å². The Balaban J connectivity index is 2.28. The minimum absolute atomic E-state index is 0.621. The molecule has 0 aliphatic rings. The third-order valence-corrected chi connectivity index (χ3v) is 4.18. The zero-order valence-electron chi connectivity index (χ0n) is 10.0. The Bertz CT molecular complexity index is 537. The van der Waals surface area contributed by atoms with Crippen LogP contribution in [0.5, 0.6) is 0 Å². The summed E-state index contributed by atoms with van der Waals surface area (Å²) in [6, 6.07) is 13.5. The van der Waals surface area contributed by atoms with Gasteiger partial charge in [-0.15, -0.1) is 0 Å². The Morgan fingerprint density at radius 2 is 1.72 bits per heavy atom. The molecule has 1 atom stereocenters. The van der Waals surface area contributed by atoms with E-state index in [9.17, 15) is 5.11 Å². The highest BCUT2D eigenvalue weighted by Crippen LogP contribution is 2.29. The van der Waals surface area contributed by atoms with Gasteiger partial charge in [-0.25, -0.2) is 0 Å². The minimum Gasteiger partial charge on any atom is -0.384 e. The van der Waals surface area contributed by atoms with Crippen molar-refractivity contribution in [3.8, 4) is 0 Å². The van der Waals surface area contributed by atoms with E-state index < -0.39 is 6.10 Å². The molecule has 0 aliphatic carbocycles. The first-order valence-corrected chi connectivity index (χ1v) is 7.00. The van der Waals surface area contributed by atoms with E-state index in [4.69, 9.17) is 11.6 Å². The average Bonchev–Trinajstić information content (AvgIpc) is 2.41. The van der Waals surface area contributed by atoms with Gasteiger partial charge in [0.05, 0.1) is 5.02 Å². The molecule has 0 saturated heterocycles. The topological polar surface area (TPSA) is 20.2 Å². The summed E-state index contributed by atoms with van der Waals surface area (Å²) in [5.74, 6) is 0. The van der Waals surface area contributed by atoms with E-state index in [1.807, 2.05) is 36.4 Å². The quantitative estimate of drug-likeness (QED) is 0.863. The number of aliphatic hydroxyl groups excluding tert-OH is 1. The molecule has 18 heavy (non-hydrogen) atoms. The molecule has 0 amide bonds. The summed E-state index contributed by atoms with van der Waals surface area (Å²) in [6.07, 6.45) is 0.382. The lowest BCUT2D eigenvalue weighted by Gasteiger charge is -2.13. The van der Waals surface area contributed by atoms with Crippen molar-refractivity contribution in [2.45, 2.75) is 19.4 Å². The van der Waals surface area contributed by atoms with Crippen LogP contribution in [0.15, 0.2) is 46.9 Å². The Labute approximate surface area is 121 Å². The summed E-state index contributed by atoms with van der Waals surface area (Å²) in [7, 11) is 0. The van der Waals surface area contributed by atoms with E-state index in [1.165, 1.54) is 5.56 Å². The summed E-state index contributed by atoms with van der Waals surface area (Å²) < 4.78 is 0.797. The standard InChI is InChI=1S/C15H14BrClO/c1-2-10-3-5-11(6-4-10)15(18)12-7-8-14(17)13(16)9-12/h3-9,15,18H,2H2,1H3. The largest absolute Gasteiger partial charge is 0.384 e. The second-order valence-corrected chi connectivity index (χ2v) is 5.43. The molecule has 94 valence electrons. The molecule has 0 spiro atoms. The summed E-state index contributed by atoms with van der Waals surface area (Å²) in [4.78, 5) is 0. The van der Waals surface area contributed by atoms with Gasteiger partial charge in [-0.1, -0.05) is 48.9 Å². The number of rotatable bonds is 3. The number of hydrogen-bond donors (Lipinski definition) is 1. The number of aryl methyl sites for hydroxylation is 1. The zero-order chi connectivity index (χ0) is 13.1. The van der Waals surface area contributed by atoms with Gasteiger partial charge >= 0.3 is 0 Å². The van der Waals surface area contributed by atoms with Crippen LogP contribution in [0.1, 0.15) is 29.7 Å². The van der Waals surface area contributed by atoms with Crippen LogP contribution in [-0.4, -0.2) is 5.11 Å². The normalized spacial score (nSPS) is 12.4. The number of aliphatic hydroxyl groups is 1. The molecule has 0 fully saturated rings. The average molecular weight is 326 g/mol. The first-order chi connectivity index (χ1) is 8.61. The molecule has 1 unspecified atom stereocenters. The van der Waals surface area contributed by atoms with Crippen molar-refractivity contribution in [1.82, 2.24) is 0 Å². The summed E-state index contributed by atoms with van der Waals surface area (Å²) in [6.45, 7) is 2.11. The molecular weight excluding hydrogens is 312 g/mol. The van der Waals surface area contributed by atoms with Crippen LogP contribution in [0.3, 0.4) is 0 Å². The van der Waals surface area contributed by atoms with Crippen LogP contribution in [0, 0.1) is 0 Å². The molecule has 1 N–H and O–H groups in total. The predicted octanol–water partition coefficient (Wildman–Crippen LogP) is 4.75. The van der Waals surface area contributed by atoms with E-state index in [2.05, 4.69) is 22.9 Å². The summed E-state index contributed by atoms with van der Waals surface area (Å²) in [5, 5.41) is 11.0. The van der Waals surface area contributed by atoms with Crippen LogP contribution in [0.2, 0.25) is 5.02 Å². The lowest BCUT2D eigenvalue weighted by molar-refractivity contribution is 0.220. The van der Waals surface area contributed by atoms with Gasteiger partial charge in [0.15, 0.2) is 0 Å². The zero-order valence-corrected chi connectivity index (χ0v) is 12.4. The molecule has 1 nitrogen and oxygen atoms in total. The molecule has 0 heterocycles. The van der Waals surface area contributed by atoms with Gasteiger partial charge in [-0.3, -0.25) is 0 Å². The van der Waals surface area contributed by atoms with E-state index in [1.54, 1.807) is 6.07 Å². The van der Waals surface area contributed by atoms with Crippen molar-refractivity contribution >= 4 is 27.5 Å². The number of hydrogen-bond acceptors (Lipinski definition) is 1. The van der Waals surface area contributed by atoms with Crippen molar-refractivity contribution in [2.24, 2.45) is 0 Å². The number of benzene rings is 2. The van der Waals surface area contributed by atoms with Crippen LogP contribution < -0.4 is 0 Å². The van der Waals surface area contributed by atoms with Gasteiger partial charge in [0, 0.05) is 4.47 Å². The maximum atomic E-state index is 10.3. The molecule has 0 radical (unpaired) electrons. The van der Waals surface area contributed by atoms with E-state index >= 15 is 0 Å². The smallest absolute Gasteiger partial charge is 0.104 e. The van der Waals surface area contributed by atoms with Gasteiger partial charge in [-0.2, -0.15) is 0 Å². The lowest BCUT2D eigenvalue weighted by Crippen LogP contribution is -1.99. The molecule has 0 saturated carbocycles. The van der Waals surface area contributed by atoms with Crippen LogP contribution in [0.25, 0.3) is 0 Å². The molecular formula is C15H14BrClO. The van der Waals surface area contributed by atoms with Crippen LogP contribution >= 0.6 is 27.5 Å². The Morgan fingerprint density at radius 3 is 2.28 bits per heavy atom. The monoisotopic (exact) mass is 324 g/mol. The van der Waals surface area contributed by atoms with Crippen molar-refractivity contribution in [1.29, 1.82) is 0 Å². The van der Waals surface area contributed by atoms with Gasteiger partial charge in [-0.05, 0) is 51.2 Å². The van der Waals surface area contributed by atoms with E-state index in [0.29, 0.717) is 5.02 Å². The second-order valence-electron chi connectivity index (χ2n) is 4.17. The SMILES string of the molecule is CCc1ccc(C(O)c2ccc(Cl)c(Br)c2)cc1. The second kappa shape index (κ2) is 5.87. The molecule has 3 heteroatoms. The molecule has 0 aromatic heterocycles. The molecule has 2 rings (SSSR count). The van der Waals surface area contributed by atoms with Crippen molar-refractivity contribution in [2.75, 3.05) is 0 Å². The van der Waals surface area contributed by atoms with Crippen molar-refractivity contribution < 1.29 is 5.11 Å². The highest BCUT2D eigenvalue weighted by Gasteiger charge is 2.11. The molecule has 2 aromatic carbocycles.